The van der Waals surface area contributed by atoms with Crippen molar-refractivity contribution in [1.82, 2.24) is 0 Å². The molecule has 3 heteroatoms. The van der Waals surface area contributed by atoms with Crippen LogP contribution in [0.2, 0.25) is 0 Å². The maximum absolute atomic E-state index is 9.86. The predicted molar refractivity (Wildman–Crippen MR) is 59.6 cm³/mol. The molecule has 1 aromatic carbocycles. The van der Waals surface area contributed by atoms with E-state index in [1.165, 1.54) is 0 Å². The van der Waals surface area contributed by atoms with Gasteiger partial charge in [0.25, 0.3) is 0 Å². The summed E-state index contributed by atoms with van der Waals surface area (Å²) in [5.41, 5.74) is 2.75. The van der Waals surface area contributed by atoms with Crippen molar-refractivity contribution in [3.8, 4) is 5.75 Å². The van der Waals surface area contributed by atoms with Gasteiger partial charge in [-0.3, -0.25) is 0 Å². The highest BCUT2D eigenvalue weighted by molar-refractivity contribution is 9.10. The van der Waals surface area contributed by atoms with Gasteiger partial charge in [0, 0.05) is 5.57 Å². The molecule has 1 heterocycles. The fraction of sp³-hybridized carbons (Fsp3) is 0.273. The van der Waals surface area contributed by atoms with E-state index in [0.717, 1.165) is 26.9 Å². The summed E-state index contributed by atoms with van der Waals surface area (Å²) in [5, 5.41) is 9.86. The first-order valence-electron chi connectivity index (χ1n) is 4.41. The number of hydrogen-bond acceptors (Lipinski definition) is 2. The van der Waals surface area contributed by atoms with Crippen LogP contribution in [0.25, 0.3) is 5.76 Å². The number of aliphatic hydroxyl groups is 1. The minimum absolute atomic E-state index is 0.343. The van der Waals surface area contributed by atoms with Crippen LogP contribution in [0.4, 0.5) is 0 Å². The SMILES string of the molecule is CC1=C(O)c2cc(C)cc(Br)c2OC1. The average molecular weight is 255 g/mol. The molecule has 2 nitrogen and oxygen atoms in total. The number of halogens is 1. The van der Waals surface area contributed by atoms with Crippen molar-refractivity contribution in [3.05, 3.63) is 33.3 Å². The minimum atomic E-state index is 0.343. The van der Waals surface area contributed by atoms with Gasteiger partial charge in [-0.15, -0.1) is 0 Å². The van der Waals surface area contributed by atoms with Gasteiger partial charge < -0.3 is 9.84 Å². The topological polar surface area (TPSA) is 29.5 Å². The van der Waals surface area contributed by atoms with E-state index in [1.54, 1.807) is 0 Å². The van der Waals surface area contributed by atoms with E-state index >= 15 is 0 Å². The Bertz CT molecular complexity index is 422. The lowest BCUT2D eigenvalue weighted by Crippen LogP contribution is -2.10. The molecule has 0 aliphatic carbocycles. The number of aryl methyl sites for hydroxylation is 1. The summed E-state index contributed by atoms with van der Waals surface area (Å²) in [5.74, 6) is 1.08. The molecule has 1 aromatic rings. The quantitative estimate of drug-likeness (QED) is 0.769. The van der Waals surface area contributed by atoms with Gasteiger partial charge in [-0.1, -0.05) is 0 Å². The van der Waals surface area contributed by atoms with Crippen LogP contribution < -0.4 is 4.74 Å². The fourth-order valence-electron chi connectivity index (χ4n) is 1.53. The van der Waals surface area contributed by atoms with Gasteiger partial charge in [0.1, 0.15) is 18.1 Å². The average Bonchev–Trinajstić information content (AvgIpc) is 2.12. The van der Waals surface area contributed by atoms with Crippen molar-refractivity contribution >= 4 is 21.7 Å². The molecule has 74 valence electrons. The smallest absolute Gasteiger partial charge is 0.144 e. The summed E-state index contributed by atoms with van der Waals surface area (Å²) in [4.78, 5) is 0. The Kier molecular flexibility index (Phi) is 2.27. The molecule has 0 unspecified atom stereocenters. The second-order valence-corrected chi connectivity index (χ2v) is 4.40. The molecule has 0 amide bonds. The highest BCUT2D eigenvalue weighted by Crippen LogP contribution is 2.38. The summed E-state index contributed by atoms with van der Waals surface area (Å²) in [6.07, 6.45) is 0. The molecule has 14 heavy (non-hydrogen) atoms. The first-order chi connectivity index (χ1) is 6.59. The zero-order chi connectivity index (χ0) is 10.3. The fourth-order valence-corrected chi connectivity index (χ4v) is 2.22. The van der Waals surface area contributed by atoms with Gasteiger partial charge >= 0.3 is 0 Å². The zero-order valence-electron chi connectivity index (χ0n) is 8.10. The number of rotatable bonds is 0. The highest BCUT2D eigenvalue weighted by Gasteiger charge is 2.19. The summed E-state index contributed by atoms with van der Waals surface area (Å²) in [7, 11) is 0. The highest BCUT2D eigenvalue weighted by atomic mass is 79.9. The van der Waals surface area contributed by atoms with Gasteiger partial charge in [0.05, 0.1) is 10.0 Å². The normalized spacial score (nSPS) is 15.1. The summed E-state index contributed by atoms with van der Waals surface area (Å²) in [6, 6.07) is 3.91. The monoisotopic (exact) mass is 254 g/mol. The molecule has 1 aliphatic heterocycles. The van der Waals surface area contributed by atoms with Crippen molar-refractivity contribution in [2.45, 2.75) is 13.8 Å². The van der Waals surface area contributed by atoms with Crippen molar-refractivity contribution in [1.29, 1.82) is 0 Å². The molecule has 1 aliphatic rings. The third-order valence-corrected chi connectivity index (χ3v) is 2.87. The maximum atomic E-state index is 9.86. The molecule has 0 bridgehead atoms. The third kappa shape index (κ3) is 1.42. The number of aliphatic hydroxyl groups excluding tert-OH is 1. The first kappa shape index (κ1) is 9.59. The first-order valence-corrected chi connectivity index (χ1v) is 5.21. The summed E-state index contributed by atoms with van der Waals surface area (Å²) < 4.78 is 6.42. The molecule has 0 aromatic heterocycles. The molecule has 0 atom stereocenters. The molecular formula is C11H11BrO2. The lowest BCUT2D eigenvalue weighted by atomic mass is 10.0. The Hall–Kier alpha value is -0.960. The molecule has 0 saturated heterocycles. The van der Waals surface area contributed by atoms with Crippen LogP contribution in [0, 0.1) is 6.92 Å². The molecule has 0 radical (unpaired) electrons. The Morgan fingerprint density at radius 2 is 2.07 bits per heavy atom. The number of ether oxygens (including phenoxy) is 1. The van der Waals surface area contributed by atoms with Crippen LogP contribution >= 0.6 is 15.9 Å². The van der Waals surface area contributed by atoms with Crippen molar-refractivity contribution < 1.29 is 9.84 Å². The van der Waals surface area contributed by atoms with Crippen LogP contribution in [0.3, 0.4) is 0 Å². The van der Waals surface area contributed by atoms with E-state index in [-0.39, 0.29) is 0 Å². The molecule has 2 rings (SSSR count). The summed E-state index contributed by atoms with van der Waals surface area (Å²) >= 11 is 3.42. The predicted octanol–water partition coefficient (Wildman–Crippen LogP) is 3.44. The molecular weight excluding hydrogens is 244 g/mol. The van der Waals surface area contributed by atoms with Crippen molar-refractivity contribution in [2.75, 3.05) is 6.61 Å². The van der Waals surface area contributed by atoms with Crippen LogP contribution in [0.5, 0.6) is 5.75 Å². The summed E-state index contributed by atoms with van der Waals surface area (Å²) in [6.45, 7) is 4.32. The van der Waals surface area contributed by atoms with Gasteiger partial charge in [-0.25, -0.2) is 0 Å². The number of benzene rings is 1. The Balaban J connectivity index is 2.68. The molecule has 1 N–H and O–H groups in total. The number of hydrogen-bond donors (Lipinski definition) is 1. The van der Waals surface area contributed by atoms with Gasteiger partial charge in [-0.05, 0) is 47.5 Å². The van der Waals surface area contributed by atoms with E-state index < -0.39 is 0 Å². The lowest BCUT2D eigenvalue weighted by Gasteiger charge is -2.20. The van der Waals surface area contributed by atoms with Crippen molar-refractivity contribution in [3.63, 3.8) is 0 Å². The Labute approximate surface area is 91.3 Å². The van der Waals surface area contributed by atoms with E-state index in [2.05, 4.69) is 15.9 Å². The maximum Gasteiger partial charge on any atom is 0.144 e. The Morgan fingerprint density at radius 3 is 2.79 bits per heavy atom. The van der Waals surface area contributed by atoms with E-state index in [0.29, 0.717) is 12.4 Å². The second kappa shape index (κ2) is 3.31. The van der Waals surface area contributed by atoms with E-state index in [4.69, 9.17) is 4.74 Å². The molecule has 0 spiro atoms. The number of fused-ring (bicyclic) bond motifs is 1. The van der Waals surface area contributed by atoms with E-state index in [1.807, 2.05) is 26.0 Å². The van der Waals surface area contributed by atoms with Crippen LogP contribution in [0.1, 0.15) is 18.1 Å². The van der Waals surface area contributed by atoms with Crippen LogP contribution in [0.15, 0.2) is 22.2 Å². The van der Waals surface area contributed by atoms with Crippen LogP contribution in [-0.4, -0.2) is 11.7 Å². The van der Waals surface area contributed by atoms with Crippen LogP contribution in [-0.2, 0) is 0 Å². The van der Waals surface area contributed by atoms with Crippen molar-refractivity contribution in [2.24, 2.45) is 0 Å². The zero-order valence-corrected chi connectivity index (χ0v) is 9.68. The molecule has 0 fully saturated rings. The lowest BCUT2D eigenvalue weighted by molar-refractivity contribution is 0.331. The van der Waals surface area contributed by atoms with Gasteiger partial charge in [0.2, 0.25) is 0 Å². The van der Waals surface area contributed by atoms with Gasteiger partial charge in [-0.2, -0.15) is 0 Å². The van der Waals surface area contributed by atoms with E-state index in [9.17, 15) is 5.11 Å². The minimum Gasteiger partial charge on any atom is -0.507 e. The largest absolute Gasteiger partial charge is 0.507 e. The van der Waals surface area contributed by atoms with Gasteiger partial charge in [0.15, 0.2) is 0 Å². The second-order valence-electron chi connectivity index (χ2n) is 3.54. The molecule has 0 saturated carbocycles. The third-order valence-electron chi connectivity index (χ3n) is 2.28. The standard InChI is InChI=1S/C11H11BrO2/c1-6-3-8-10(13)7(2)5-14-11(8)9(12)4-6/h3-4,13H,5H2,1-2H3. The Morgan fingerprint density at radius 1 is 1.36 bits per heavy atom.